The van der Waals surface area contributed by atoms with E-state index in [4.69, 9.17) is 14.5 Å². The Balaban J connectivity index is 1.21. The van der Waals surface area contributed by atoms with Crippen LogP contribution in [-0.2, 0) is 20.0 Å². The van der Waals surface area contributed by atoms with Crippen LogP contribution in [0.15, 0.2) is 85.2 Å². The highest BCUT2D eigenvalue weighted by molar-refractivity contribution is 5.81. The molecule has 0 saturated carbocycles. The average molecular weight is 521 g/mol. The molecule has 0 radical (unpaired) electrons. The second-order valence-electron chi connectivity index (χ2n) is 9.68. The van der Waals surface area contributed by atoms with E-state index in [9.17, 15) is 4.39 Å². The van der Waals surface area contributed by atoms with Crippen molar-refractivity contribution in [2.75, 3.05) is 13.7 Å². The highest BCUT2D eigenvalue weighted by Gasteiger charge is 2.14. The zero-order valence-electron chi connectivity index (χ0n) is 22.2. The summed E-state index contributed by atoms with van der Waals surface area (Å²) < 4.78 is 30.1. The Bertz CT molecular complexity index is 1800. The maximum atomic E-state index is 14.2. The molecule has 6 rings (SSSR count). The van der Waals surface area contributed by atoms with Crippen LogP contribution >= 0.6 is 0 Å². The minimum Gasteiger partial charge on any atom is -0.493 e. The Morgan fingerprint density at radius 3 is 2.49 bits per heavy atom. The molecule has 196 valence electrons. The summed E-state index contributed by atoms with van der Waals surface area (Å²) in [6, 6.07) is 25.1. The summed E-state index contributed by atoms with van der Waals surface area (Å²) >= 11 is 0. The van der Waals surface area contributed by atoms with E-state index in [0.29, 0.717) is 36.6 Å². The smallest absolute Gasteiger partial charge is 0.161 e. The molecule has 4 aromatic carbocycles. The molecule has 6 nitrogen and oxygen atoms in total. The van der Waals surface area contributed by atoms with Gasteiger partial charge in [0.25, 0.3) is 0 Å². The molecule has 2 aromatic heterocycles. The minimum absolute atomic E-state index is 0.208. The van der Waals surface area contributed by atoms with Gasteiger partial charge in [0.05, 0.1) is 48.7 Å². The number of ether oxygens (including phenoxy) is 2. The maximum absolute atomic E-state index is 14.2. The van der Waals surface area contributed by atoms with Crippen LogP contribution in [-0.4, -0.2) is 32.8 Å². The normalized spacial score (nSPS) is 11.4. The molecule has 0 N–H and O–H groups in total. The van der Waals surface area contributed by atoms with Crippen molar-refractivity contribution in [2.24, 2.45) is 7.05 Å². The van der Waals surface area contributed by atoms with Gasteiger partial charge >= 0.3 is 0 Å². The fourth-order valence-corrected chi connectivity index (χ4v) is 5.06. The molecule has 2 heterocycles. The first-order valence-corrected chi connectivity index (χ1v) is 12.9. The number of aromatic nitrogens is 4. The lowest BCUT2D eigenvalue weighted by atomic mass is 10.0. The zero-order valence-corrected chi connectivity index (χ0v) is 22.2. The Kier molecular flexibility index (Phi) is 6.49. The van der Waals surface area contributed by atoms with Crippen molar-refractivity contribution in [2.45, 2.75) is 19.9 Å². The van der Waals surface area contributed by atoms with Crippen molar-refractivity contribution in [1.29, 1.82) is 0 Å². The van der Waals surface area contributed by atoms with Gasteiger partial charge < -0.3 is 18.6 Å². The molecule has 0 bridgehead atoms. The summed E-state index contributed by atoms with van der Waals surface area (Å²) in [6.07, 6.45) is 2.48. The van der Waals surface area contributed by atoms with Crippen LogP contribution < -0.4 is 9.47 Å². The Hall–Kier alpha value is -4.65. The molecule has 0 atom stereocenters. The second kappa shape index (κ2) is 10.3. The quantitative estimate of drug-likeness (QED) is 0.224. The number of aryl methyl sites for hydroxylation is 2. The van der Waals surface area contributed by atoms with Gasteiger partial charge in [0.2, 0.25) is 0 Å². The van der Waals surface area contributed by atoms with Crippen molar-refractivity contribution in [3.63, 3.8) is 0 Å². The van der Waals surface area contributed by atoms with E-state index < -0.39 is 0 Å². The number of hydrogen-bond donors (Lipinski definition) is 0. The van der Waals surface area contributed by atoms with Gasteiger partial charge in [-0.1, -0.05) is 30.3 Å². The van der Waals surface area contributed by atoms with E-state index in [1.165, 1.54) is 6.07 Å². The Morgan fingerprint density at radius 2 is 1.67 bits per heavy atom. The number of halogens is 1. The van der Waals surface area contributed by atoms with E-state index in [-0.39, 0.29) is 5.82 Å². The van der Waals surface area contributed by atoms with Gasteiger partial charge in [-0.2, -0.15) is 0 Å². The first kappa shape index (κ1) is 24.7. The van der Waals surface area contributed by atoms with E-state index >= 15 is 0 Å². The second-order valence-corrected chi connectivity index (χ2v) is 9.68. The number of fused-ring (bicyclic) bond motifs is 2. The highest BCUT2D eigenvalue weighted by Crippen LogP contribution is 2.33. The number of methoxy groups -OCH3 is 1. The van der Waals surface area contributed by atoms with Crippen LogP contribution in [0.4, 0.5) is 4.39 Å². The summed E-state index contributed by atoms with van der Waals surface area (Å²) in [5.41, 5.74) is 7.80. The average Bonchev–Trinajstić information content (AvgIpc) is 3.50. The topological polar surface area (TPSA) is 54.1 Å². The van der Waals surface area contributed by atoms with E-state index in [0.717, 1.165) is 44.6 Å². The van der Waals surface area contributed by atoms with Crippen molar-refractivity contribution in [3.05, 3.63) is 108 Å². The molecule has 0 spiro atoms. The fraction of sp³-hybridized carbons (Fsp3) is 0.188. The maximum Gasteiger partial charge on any atom is 0.161 e. The number of nitrogens with zero attached hydrogens (tertiary/aromatic N) is 4. The molecule has 39 heavy (non-hydrogen) atoms. The van der Waals surface area contributed by atoms with Crippen LogP contribution in [0, 0.1) is 12.7 Å². The van der Waals surface area contributed by atoms with Crippen molar-refractivity contribution >= 4 is 22.1 Å². The van der Waals surface area contributed by atoms with Crippen molar-refractivity contribution in [3.8, 4) is 22.9 Å². The van der Waals surface area contributed by atoms with Gasteiger partial charge in [-0.15, -0.1) is 0 Å². The third kappa shape index (κ3) is 4.72. The molecule has 0 amide bonds. The predicted octanol–water partition coefficient (Wildman–Crippen LogP) is 6.72. The van der Waals surface area contributed by atoms with Crippen LogP contribution in [0.3, 0.4) is 0 Å². The van der Waals surface area contributed by atoms with Crippen LogP contribution in [0.2, 0.25) is 0 Å². The van der Waals surface area contributed by atoms with E-state index in [1.54, 1.807) is 25.6 Å². The largest absolute Gasteiger partial charge is 0.493 e. The molecule has 0 aliphatic carbocycles. The predicted molar refractivity (Wildman–Crippen MR) is 152 cm³/mol. The monoisotopic (exact) mass is 520 g/mol. The van der Waals surface area contributed by atoms with Crippen LogP contribution in [0.1, 0.15) is 16.7 Å². The van der Waals surface area contributed by atoms with Crippen molar-refractivity contribution in [1.82, 2.24) is 19.1 Å². The standard InChI is InChI=1S/C32H29FN4O2/c1-21-16-29-27(34-20-37(29)19-24-8-4-5-9-25(24)33)17-22(21)14-15-39-31-18-23(12-13-30(31)38-3)32-35-26-10-6-7-11-28(26)36(32)2/h4-13,16-18,20H,14-15,19H2,1-3H3. The van der Waals surface area contributed by atoms with E-state index in [2.05, 4.69) is 34.7 Å². The van der Waals surface area contributed by atoms with Gasteiger partial charge in [-0.3, -0.25) is 0 Å². The summed E-state index contributed by atoms with van der Waals surface area (Å²) in [7, 11) is 3.67. The third-order valence-corrected chi connectivity index (χ3v) is 7.22. The summed E-state index contributed by atoms with van der Waals surface area (Å²) in [4.78, 5) is 9.40. The number of imidazole rings is 2. The number of hydrogen-bond acceptors (Lipinski definition) is 4. The lowest BCUT2D eigenvalue weighted by molar-refractivity contribution is 0.297. The number of benzene rings is 4. The molecule has 0 fully saturated rings. The van der Waals surface area contributed by atoms with Crippen LogP contribution in [0.25, 0.3) is 33.5 Å². The summed E-state index contributed by atoms with van der Waals surface area (Å²) in [5.74, 6) is 2.02. The molecule has 0 saturated heterocycles. The van der Waals surface area contributed by atoms with Gasteiger partial charge in [0.15, 0.2) is 11.5 Å². The minimum atomic E-state index is -0.208. The molecule has 7 heteroatoms. The van der Waals surface area contributed by atoms with Gasteiger partial charge in [-0.05, 0) is 66.6 Å². The fourth-order valence-electron chi connectivity index (χ4n) is 5.06. The Labute approximate surface area is 226 Å². The molecular weight excluding hydrogens is 491 g/mol. The molecule has 0 unspecified atom stereocenters. The van der Waals surface area contributed by atoms with Gasteiger partial charge in [0, 0.05) is 24.6 Å². The molecular formula is C32H29FN4O2. The van der Waals surface area contributed by atoms with Gasteiger partial charge in [0.1, 0.15) is 11.6 Å². The highest BCUT2D eigenvalue weighted by atomic mass is 19.1. The van der Waals surface area contributed by atoms with Crippen LogP contribution in [0.5, 0.6) is 11.5 Å². The first-order valence-electron chi connectivity index (χ1n) is 12.9. The van der Waals surface area contributed by atoms with E-state index in [1.807, 2.05) is 54.1 Å². The Morgan fingerprint density at radius 1 is 0.846 bits per heavy atom. The zero-order chi connectivity index (χ0) is 26.9. The third-order valence-electron chi connectivity index (χ3n) is 7.22. The SMILES string of the molecule is COc1ccc(-c2nc3ccccc3n2C)cc1OCCc1cc2ncn(Cc3ccccc3F)c2cc1C. The molecule has 0 aliphatic rings. The molecule has 0 aliphatic heterocycles. The number of para-hydroxylation sites is 2. The van der Waals surface area contributed by atoms with Crippen molar-refractivity contribution < 1.29 is 13.9 Å². The van der Waals surface area contributed by atoms with Gasteiger partial charge in [-0.25, -0.2) is 14.4 Å². The first-order chi connectivity index (χ1) is 19.0. The lowest BCUT2D eigenvalue weighted by Crippen LogP contribution is -2.05. The molecule has 6 aromatic rings. The lowest BCUT2D eigenvalue weighted by Gasteiger charge is -2.14. The number of rotatable bonds is 8. The summed E-state index contributed by atoms with van der Waals surface area (Å²) in [5, 5.41) is 0. The summed E-state index contributed by atoms with van der Waals surface area (Å²) in [6.45, 7) is 3.00.